The predicted molar refractivity (Wildman–Crippen MR) is 105 cm³/mol. The highest BCUT2D eigenvalue weighted by Crippen LogP contribution is 2.27. The van der Waals surface area contributed by atoms with E-state index in [4.69, 9.17) is 9.47 Å². The molecule has 0 aliphatic heterocycles. The molecule has 0 atom stereocenters. The number of thioether (sulfide) groups is 1. The van der Waals surface area contributed by atoms with Gasteiger partial charge >= 0.3 is 5.97 Å². The van der Waals surface area contributed by atoms with Gasteiger partial charge in [0.05, 0.1) is 19.8 Å². The first-order valence-corrected chi connectivity index (χ1v) is 9.52. The van der Waals surface area contributed by atoms with E-state index >= 15 is 0 Å². The Balaban J connectivity index is 1.78. The Morgan fingerprint density at radius 1 is 1.11 bits per heavy atom. The van der Waals surface area contributed by atoms with E-state index in [9.17, 15) is 4.79 Å². The second kappa shape index (κ2) is 8.73. The molecule has 2 aromatic carbocycles. The quantitative estimate of drug-likeness (QED) is 0.453. The molecule has 0 radical (unpaired) electrons. The number of benzene rings is 2. The average Bonchev–Trinajstić information content (AvgIpc) is 3.14. The van der Waals surface area contributed by atoms with E-state index in [1.165, 1.54) is 7.11 Å². The second-order valence-electron chi connectivity index (χ2n) is 5.76. The Labute approximate surface area is 162 Å². The van der Waals surface area contributed by atoms with E-state index in [1.54, 1.807) is 24.9 Å². The van der Waals surface area contributed by atoms with Gasteiger partial charge in [-0.2, -0.15) is 0 Å². The summed E-state index contributed by atoms with van der Waals surface area (Å²) >= 11 is 1.59. The minimum Gasteiger partial charge on any atom is -0.497 e. The number of hydrogen-bond donors (Lipinski definition) is 0. The van der Waals surface area contributed by atoms with Crippen molar-refractivity contribution in [3.05, 3.63) is 59.7 Å². The van der Waals surface area contributed by atoms with Gasteiger partial charge < -0.3 is 14.0 Å². The summed E-state index contributed by atoms with van der Waals surface area (Å²) in [6.45, 7) is 2.83. The molecule has 0 spiro atoms. The Morgan fingerprint density at radius 3 is 2.56 bits per heavy atom. The van der Waals surface area contributed by atoms with Crippen LogP contribution in [-0.4, -0.2) is 35.0 Å². The Kier molecular flexibility index (Phi) is 6.13. The van der Waals surface area contributed by atoms with Crippen LogP contribution in [0.15, 0.2) is 53.7 Å². The summed E-state index contributed by atoms with van der Waals surface area (Å²) in [6, 6.07) is 15.2. The predicted octanol–water partition coefficient (Wildman–Crippen LogP) is 4.05. The fraction of sp³-hybridized carbons (Fsp3) is 0.250. The van der Waals surface area contributed by atoms with E-state index in [2.05, 4.69) is 21.7 Å². The molecule has 1 aromatic heterocycles. The van der Waals surface area contributed by atoms with Crippen LogP contribution in [0.25, 0.3) is 11.4 Å². The van der Waals surface area contributed by atoms with Crippen molar-refractivity contribution >= 4 is 17.7 Å². The third kappa shape index (κ3) is 4.31. The van der Waals surface area contributed by atoms with Crippen molar-refractivity contribution in [3.63, 3.8) is 0 Å². The highest BCUT2D eigenvalue weighted by Gasteiger charge is 2.14. The van der Waals surface area contributed by atoms with Gasteiger partial charge in [0.15, 0.2) is 11.0 Å². The molecule has 0 saturated carbocycles. The third-order valence-corrected chi connectivity index (χ3v) is 5.14. The van der Waals surface area contributed by atoms with Crippen LogP contribution < -0.4 is 4.74 Å². The second-order valence-corrected chi connectivity index (χ2v) is 6.70. The van der Waals surface area contributed by atoms with Gasteiger partial charge in [-0.15, -0.1) is 10.2 Å². The molecular weight excluding hydrogens is 362 g/mol. The van der Waals surface area contributed by atoms with Crippen LogP contribution in [0.5, 0.6) is 5.75 Å². The summed E-state index contributed by atoms with van der Waals surface area (Å²) in [7, 11) is 3.03. The molecular formula is C20H21N3O3S. The summed E-state index contributed by atoms with van der Waals surface area (Å²) in [5.74, 6) is 1.98. The molecule has 0 saturated heterocycles. The molecule has 140 valence electrons. The van der Waals surface area contributed by atoms with Crippen LogP contribution in [0.1, 0.15) is 22.8 Å². The molecule has 1 heterocycles. The van der Waals surface area contributed by atoms with Gasteiger partial charge in [0.1, 0.15) is 5.75 Å². The number of carbonyl (C=O) groups is 1. The van der Waals surface area contributed by atoms with E-state index in [0.717, 1.165) is 34.4 Å². The Bertz CT molecular complexity index is 922. The summed E-state index contributed by atoms with van der Waals surface area (Å²) < 4.78 is 12.1. The number of ether oxygens (including phenoxy) is 2. The number of hydrogen-bond acceptors (Lipinski definition) is 6. The summed E-state index contributed by atoms with van der Waals surface area (Å²) in [5.41, 5.74) is 2.57. The summed E-state index contributed by atoms with van der Waals surface area (Å²) in [5, 5.41) is 9.55. The van der Waals surface area contributed by atoms with Crippen molar-refractivity contribution in [3.8, 4) is 17.1 Å². The zero-order valence-electron chi connectivity index (χ0n) is 15.5. The molecule has 0 aliphatic carbocycles. The third-order valence-electron chi connectivity index (χ3n) is 4.10. The zero-order valence-corrected chi connectivity index (χ0v) is 16.3. The number of carbonyl (C=O) groups excluding carboxylic acids is 1. The van der Waals surface area contributed by atoms with Gasteiger partial charge in [-0.1, -0.05) is 23.9 Å². The van der Waals surface area contributed by atoms with Crippen LogP contribution in [0, 0.1) is 0 Å². The fourth-order valence-corrected chi connectivity index (χ4v) is 3.63. The first-order valence-electron chi connectivity index (χ1n) is 8.54. The van der Waals surface area contributed by atoms with Crippen LogP contribution >= 0.6 is 11.8 Å². The first-order chi connectivity index (χ1) is 13.2. The molecule has 0 bridgehead atoms. The maximum atomic E-state index is 11.7. The minimum atomic E-state index is -0.333. The van der Waals surface area contributed by atoms with Crippen molar-refractivity contribution < 1.29 is 14.3 Å². The minimum absolute atomic E-state index is 0.333. The molecule has 0 unspecified atom stereocenters. The van der Waals surface area contributed by atoms with Gasteiger partial charge in [0.25, 0.3) is 0 Å². The van der Waals surface area contributed by atoms with Gasteiger partial charge in [0.2, 0.25) is 0 Å². The van der Waals surface area contributed by atoms with Crippen LogP contribution in [0.2, 0.25) is 0 Å². The van der Waals surface area contributed by atoms with Crippen molar-refractivity contribution in [1.82, 2.24) is 14.8 Å². The van der Waals surface area contributed by atoms with Gasteiger partial charge in [-0.25, -0.2) is 4.79 Å². The molecule has 3 rings (SSSR count). The van der Waals surface area contributed by atoms with Crippen molar-refractivity contribution in [1.29, 1.82) is 0 Å². The normalized spacial score (nSPS) is 10.6. The largest absolute Gasteiger partial charge is 0.497 e. The number of rotatable bonds is 7. The lowest BCUT2D eigenvalue weighted by Gasteiger charge is -2.08. The molecule has 6 nitrogen and oxygen atoms in total. The van der Waals surface area contributed by atoms with Gasteiger partial charge in [-0.05, 0) is 48.9 Å². The van der Waals surface area contributed by atoms with Gasteiger partial charge in [-0.3, -0.25) is 0 Å². The highest BCUT2D eigenvalue weighted by atomic mass is 32.2. The summed E-state index contributed by atoms with van der Waals surface area (Å²) in [4.78, 5) is 11.7. The van der Waals surface area contributed by atoms with Crippen molar-refractivity contribution in [2.45, 2.75) is 24.4 Å². The Hall–Kier alpha value is -2.80. The number of nitrogens with zero attached hydrogens (tertiary/aromatic N) is 3. The monoisotopic (exact) mass is 383 g/mol. The molecule has 3 aromatic rings. The number of methoxy groups -OCH3 is 2. The number of aromatic nitrogens is 3. The van der Waals surface area contributed by atoms with Crippen molar-refractivity contribution in [2.75, 3.05) is 14.2 Å². The van der Waals surface area contributed by atoms with Crippen molar-refractivity contribution in [2.24, 2.45) is 0 Å². The first kappa shape index (κ1) is 19.0. The Morgan fingerprint density at radius 2 is 1.89 bits per heavy atom. The van der Waals surface area contributed by atoms with E-state index in [1.807, 2.05) is 42.5 Å². The topological polar surface area (TPSA) is 66.2 Å². The smallest absolute Gasteiger partial charge is 0.337 e. The lowest BCUT2D eigenvalue weighted by molar-refractivity contribution is 0.0600. The highest BCUT2D eigenvalue weighted by molar-refractivity contribution is 7.98. The van der Waals surface area contributed by atoms with Crippen LogP contribution in [0.3, 0.4) is 0 Å². The SMILES string of the molecule is CCn1c(SCc2cccc(C(=O)OC)c2)nnc1-c1ccc(OC)cc1. The maximum absolute atomic E-state index is 11.7. The lowest BCUT2D eigenvalue weighted by Crippen LogP contribution is -2.02. The molecule has 0 N–H and O–H groups in total. The van der Waals surface area contributed by atoms with Gasteiger partial charge in [0, 0.05) is 17.9 Å². The number of esters is 1. The van der Waals surface area contributed by atoms with Crippen LogP contribution in [0.4, 0.5) is 0 Å². The average molecular weight is 383 g/mol. The molecule has 27 heavy (non-hydrogen) atoms. The van der Waals surface area contributed by atoms with E-state index in [-0.39, 0.29) is 5.97 Å². The fourth-order valence-electron chi connectivity index (χ4n) is 2.69. The standard InChI is InChI=1S/C20H21N3O3S/c1-4-23-18(15-8-10-17(25-2)11-9-15)21-22-20(23)27-13-14-6-5-7-16(12-14)19(24)26-3/h5-12H,4,13H2,1-3H3. The van der Waals surface area contributed by atoms with E-state index in [0.29, 0.717) is 11.3 Å². The summed E-state index contributed by atoms with van der Waals surface area (Å²) in [6.07, 6.45) is 0. The molecule has 0 aliphatic rings. The molecule has 0 amide bonds. The zero-order chi connectivity index (χ0) is 19.2. The molecule has 7 heteroatoms. The lowest BCUT2D eigenvalue weighted by atomic mass is 10.1. The van der Waals surface area contributed by atoms with Crippen LogP contribution in [-0.2, 0) is 17.0 Å². The molecule has 0 fully saturated rings. The van der Waals surface area contributed by atoms with E-state index < -0.39 is 0 Å². The maximum Gasteiger partial charge on any atom is 0.337 e.